The molecule has 0 radical (unpaired) electrons. The van der Waals surface area contributed by atoms with Crippen LogP contribution in [0.25, 0.3) is 0 Å². The van der Waals surface area contributed by atoms with Gasteiger partial charge in [0.15, 0.2) is 0 Å². The van der Waals surface area contributed by atoms with Crippen molar-refractivity contribution in [2.24, 2.45) is 11.8 Å². The van der Waals surface area contributed by atoms with E-state index in [2.05, 4.69) is 51.0 Å². The predicted molar refractivity (Wildman–Crippen MR) is 91.7 cm³/mol. The van der Waals surface area contributed by atoms with Gasteiger partial charge in [-0.2, -0.15) is 0 Å². The molecule has 1 aliphatic rings. The molecule has 1 aromatic rings. The molecule has 1 heterocycles. The van der Waals surface area contributed by atoms with E-state index in [-0.39, 0.29) is 11.2 Å². The first-order chi connectivity index (χ1) is 10.4. The molecule has 1 aromatic carbocycles. The fourth-order valence-corrected chi connectivity index (χ4v) is 3.67. The number of hydrogen-bond donors (Lipinski definition) is 1. The summed E-state index contributed by atoms with van der Waals surface area (Å²) in [4.78, 5) is 2.56. The Hall–Kier alpha value is -0.930. The van der Waals surface area contributed by atoms with Crippen LogP contribution >= 0.6 is 0 Å². The number of halogens is 1. The molecule has 2 rings (SSSR count). The molecule has 0 bridgehead atoms. The van der Waals surface area contributed by atoms with Gasteiger partial charge in [0.1, 0.15) is 5.82 Å². The molecule has 1 N–H and O–H groups in total. The molecular weight excluding hydrogens is 275 g/mol. The van der Waals surface area contributed by atoms with Gasteiger partial charge < -0.3 is 10.2 Å². The third-order valence-corrected chi connectivity index (χ3v) is 5.68. The molecule has 0 saturated carbocycles. The zero-order valence-corrected chi connectivity index (χ0v) is 14.7. The molecule has 2 nitrogen and oxygen atoms in total. The van der Waals surface area contributed by atoms with Gasteiger partial charge in [-0.3, -0.25) is 0 Å². The molecule has 1 fully saturated rings. The molecule has 0 aliphatic carbocycles. The summed E-state index contributed by atoms with van der Waals surface area (Å²) in [5, 5.41) is 3.43. The van der Waals surface area contributed by atoms with Crippen molar-refractivity contribution in [3.05, 3.63) is 35.6 Å². The molecule has 1 aliphatic heterocycles. The molecule has 124 valence electrons. The number of likely N-dealkylation sites (N-methyl/N-ethyl adjacent to an activating group) is 1. The highest BCUT2D eigenvalue weighted by Crippen LogP contribution is 2.39. The normalized spacial score (nSPS) is 28.0. The first-order valence-corrected chi connectivity index (χ1v) is 8.52. The van der Waals surface area contributed by atoms with Crippen LogP contribution in [0, 0.1) is 17.7 Å². The van der Waals surface area contributed by atoms with E-state index >= 15 is 0 Å². The van der Waals surface area contributed by atoms with Gasteiger partial charge in [-0.25, -0.2) is 4.39 Å². The summed E-state index contributed by atoms with van der Waals surface area (Å²) in [6, 6.07) is 7.71. The fourth-order valence-electron chi connectivity index (χ4n) is 3.67. The largest absolute Gasteiger partial charge is 0.315 e. The molecular formula is C19H31FN2. The zero-order chi connectivity index (χ0) is 16.3. The van der Waals surface area contributed by atoms with Crippen molar-refractivity contribution in [3.63, 3.8) is 0 Å². The lowest BCUT2D eigenvalue weighted by Gasteiger charge is -2.46. The van der Waals surface area contributed by atoms with Crippen LogP contribution < -0.4 is 5.32 Å². The third-order valence-electron chi connectivity index (χ3n) is 5.68. The molecule has 22 heavy (non-hydrogen) atoms. The lowest BCUT2D eigenvalue weighted by atomic mass is 9.68. The van der Waals surface area contributed by atoms with Crippen molar-refractivity contribution >= 4 is 0 Å². The molecule has 0 aromatic heterocycles. The molecule has 0 unspecified atom stereocenters. The Morgan fingerprint density at radius 1 is 1.41 bits per heavy atom. The first kappa shape index (κ1) is 17.4. The highest BCUT2D eigenvalue weighted by Gasteiger charge is 2.38. The molecule has 3 heteroatoms. The number of nitrogens with one attached hydrogen (secondary N) is 1. The summed E-state index contributed by atoms with van der Waals surface area (Å²) in [6.45, 7) is 12.4. The van der Waals surface area contributed by atoms with Gasteiger partial charge >= 0.3 is 0 Å². The van der Waals surface area contributed by atoms with Gasteiger partial charge in [0.05, 0.1) is 0 Å². The van der Waals surface area contributed by atoms with Crippen LogP contribution in [0.3, 0.4) is 0 Å². The number of nitrogens with zero attached hydrogens (tertiary/aromatic N) is 1. The average Bonchev–Trinajstić information content (AvgIpc) is 2.48. The van der Waals surface area contributed by atoms with E-state index in [1.54, 1.807) is 6.07 Å². The van der Waals surface area contributed by atoms with E-state index in [9.17, 15) is 4.39 Å². The van der Waals surface area contributed by atoms with Crippen LogP contribution in [0.4, 0.5) is 4.39 Å². The number of piperidine rings is 1. The quantitative estimate of drug-likeness (QED) is 0.893. The van der Waals surface area contributed by atoms with Crippen LogP contribution in [0.2, 0.25) is 0 Å². The van der Waals surface area contributed by atoms with E-state index in [4.69, 9.17) is 0 Å². The summed E-state index contributed by atoms with van der Waals surface area (Å²) in [5.74, 6) is 1.04. The topological polar surface area (TPSA) is 15.3 Å². The molecule has 0 spiro atoms. The van der Waals surface area contributed by atoms with Crippen molar-refractivity contribution < 1.29 is 4.39 Å². The van der Waals surface area contributed by atoms with Crippen LogP contribution in [-0.4, -0.2) is 37.6 Å². The Labute approximate surface area is 135 Å². The second kappa shape index (κ2) is 7.10. The van der Waals surface area contributed by atoms with E-state index in [1.807, 2.05) is 6.07 Å². The highest BCUT2D eigenvalue weighted by atomic mass is 19.1. The molecule has 0 amide bonds. The SMILES string of the molecule is CN[C@H](CN1CC[C@@](C)(c2cccc(F)c2)[C@@H](C)C1)C(C)C. The van der Waals surface area contributed by atoms with E-state index in [1.165, 1.54) is 6.07 Å². The van der Waals surface area contributed by atoms with E-state index < -0.39 is 0 Å². The van der Waals surface area contributed by atoms with Gasteiger partial charge in [-0.05, 0) is 55.0 Å². The van der Waals surface area contributed by atoms with Crippen molar-refractivity contribution in [2.45, 2.75) is 45.6 Å². The predicted octanol–water partition coefficient (Wildman–Crippen LogP) is 3.67. The summed E-state index contributed by atoms with van der Waals surface area (Å²) in [5.41, 5.74) is 1.22. The first-order valence-electron chi connectivity index (χ1n) is 8.52. The maximum absolute atomic E-state index is 13.6. The summed E-state index contributed by atoms with van der Waals surface area (Å²) in [7, 11) is 2.05. The minimum Gasteiger partial charge on any atom is -0.315 e. The minimum atomic E-state index is -0.122. The maximum Gasteiger partial charge on any atom is 0.123 e. The zero-order valence-electron chi connectivity index (χ0n) is 14.7. The number of likely N-dealkylation sites (tertiary alicyclic amines) is 1. The number of rotatable bonds is 5. The standard InChI is InChI=1S/C19H31FN2/c1-14(2)18(21-5)13-22-10-9-19(4,15(3)12-22)16-7-6-8-17(20)11-16/h6-8,11,14-15,18,21H,9-10,12-13H2,1-5H3/t15-,18+,19+/m0/s1. The highest BCUT2D eigenvalue weighted by molar-refractivity contribution is 5.27. The third kappa shape index (κ3) is 3.69. The van der Waals surface area contributed by atoms with Crippen molar-refractivity contribution in [3.8, 4) is 0 Å². The van der Waals surface area contributed by atoms with Gasteiger partial charge in [0, 0.05) is 19.1 Å². The monoisotopic (exact) mass is 306 g/mol. The van der Waals surface area contributed by atoms with Crippen molar-refractivity contribution in [2.75, 3.05) is 26.7 Å². The Morgan fingerprint density at radius 3 is 2.68 bits per heavy atom. The Kier molecular flexibility index (Phi) is 5.62. The van der Waals surface area contributed by atoms with Gasteiger partial charge in [-0.15, -0.1) is 0 Å². The molecule has 1 saturated heterocycles. The Morgan fingerprint density at radius 2 is 2.14 bits per heavy atom. The van der Waals surface area contributed by atoms with E-state index in [0.29, 0.717) is 17.9 Å². The van der Waals surface area contributed by atoms with E-state index in [0.717, 1.165) is 31.6 Å². The van der Waals surface area contributed by atoms with Crippen LogP contribution in [-0.2, 0) is 5.41 Å². The van der Waals surface area contributed by atoms with Crippen LogP contribution in [0.15, 0.2) is 24.3 Å². The average molecular weight is 306 g/mol. The van der Waals surface area contributed by atoms with Crippen molar-refractivity contribution in [1.82, 2.24) is 10.2 Å². The Balaban J connectivity index is 2.06. The number of hydrogen-bond acceptors (Lipinski definition) is 2. The maximum atomic E-state index is 13.6. The number of benzene rings is 1. The minimum absolute atomic E-state index is 0.0750. The Bertz CT molecular complexity index is 488. The van der Waals surface area contributed by atoms with Gasteiger partial charge in [0.25, 0.3) is 0 Å². The van der Waals surface area contributed by atoms with Gasteiger partial charge in [-0.1, -0.05) is 39.8 Å². The second-order valence-corrected chi connectivity index (χ2v) is 7.48. The second-order valence-electron chi connectivity index (χ2n) is 7.48. The lowest BCUT2D eigenvalue weighted by molar-refractivity contribution is 0.0969. The van der Waals surface area contributed by atoms with Crippen LogP contribution in [0.1, 0.15) is 39.7 Å². The molecule has 3 atom stereocenters. The summed E-state index contributed by atoms with van der Waals surface area (Å²) < 4.78 is 13.6. The summed E-state index contributed by atoms with van der Waals surface area (Å²) >= 11 is 0. The van der Waals surface area contributed by atoms with Crippen molar-refractivity contribution in [1.29, 1.82) is 0 Å². The van der Waals surface area contributed by atoms with Crippen LogP contribution in [0.5, 0.6) is 0 Å². The smallest absolute Gasteiger partial charge is 0.123 e. The lowest BCUT2D eigenvalue weighted by Crippen LogP contribution is -2.51. The summed E-state index contributed by atoms with van der Waals surface area (Å²) in [6.07, 6.45) is 1.09. The van der Waals surface area contributed by atoms with Gasteiger partial charge in [0.2, 0.25) is 0 Å². The fraction of sp³-hybridized carbons (Fsp3) is 0.684.